The van der Waals surface area contributed by atoms with Crippen LogP contribution in [-0.2, 0) is 0 Å². The Kier molecular flexibility index (Phi) is 4.65. The molecule has 0 spiro atoms. The molecular formula is C19H20ClN5OS. The number of aryl methyl sites for hydroxylation is 2. The van der Waals surface area contributed by atoms with Gasteiger partial charge < -0.3 is 16.0 Å². The van der Waals surface area contributed by atoms with Crippen molar-refractivity contribution in [3.05, 3.63) is 45.4 Å². The monoisotopic (exact) mass is 401 g/mol. The quantitative estimate of drug-likeness (QED) is 0.701. The zero-order valence-electron chi connectivity index (χ0n) is 15.1. The number of rotatable bonds is 3. The third-order valence-electron chi connectivity index (χ3n) is 5.04. The van der Waals surface area contributed by atoms with Gasteiger partial charge in [0.2, 0.25) is 0 Å². The molecule has 1 atom stereocenters. The first-order valence-corrected chi connectivity index (χ1v) is 9.96. The summed E-state index contributed by atoms with van der Waals surface area (Å²) in [6.07, 6.45) is 0.876. The fourth-order valence-electron chi connectivity index (χ4n) is 3.45. The highest BCUT2D eigenvalue weighted by atomic mass is 35.5. The van der Waals surface area contributed by atoms with Crippen molar-refractivity contribution in [1.29, 1.82) is 0 Å². The predicted octanol–water partition coefficient (Wildman–Crippen LogP) is 3.55. The minimum absolute atomic E-state index is 0.0648. The van der Waals surface area contributed by atoms with E-state index in [9.17, 15) is 4.79 Å². The number of aromatic nitrogens is 2. The Morgan fingerprint density at radius 2 is 2.19 bits per heavy atom. The number of nitrogens with two attached hydrogens (primary N) is 1. The lowest BCUT2D eigenvalue weighted by atomic mass is 10.1. The lowest BCUT2D eigenvalue weighted by molar-refractivity contribution is 0.0945. The van der Waals surface area contributed by atoms with Crippen molar-refractivity contribution in [1.82, 2.24) is 15.5 Å². The zero-order valence-corrected chi connectivity index (χ0v) is 16.7. The Balaban J connectivity index is 1.51. The van der Waals surface area contributed by atoms with Gasteiger partial charge in [-0.05, 0) is 44.0 Å². The lowest BCUT2D eigenvalue weighted by Gasteiger charge is -2.19. The molecule has 2 aromatic heterocycles. The Morgan fingerprint density at radius 1 is 1.37 bits per heavy atom. The van der Waals surface area contributed by atoms with E-state index in [4.69, 9.17) is 17.3 Å². The number of hydrogen-bond acceptors (Lipinski definition) is 6. The molecule has 1 aliphatic heterocycles. The Labute approximate surface area is 166 Å². The number of nitrogen functional groups attached to an aromatic ring is 1. The number of nitrogens with zero attached hydrogens (tertiary/aromatic N) is 3. The largest absolute Gasteiger partial charge is 0.397 e. The van der Waals surface area contributed by atoms with Crippen LogP contribution in [0.5, 0.6) is 0 Å². The summed E-state index contributed by atoms with van der Waals surface area (Å²) < 4.78 is 0. The molecule has 0 bridgehead atoms. The second kappa shape index (κ2) is 6.98. The van der Waals surface area contributed by atoms with Gasteiger partial charge in [-0.3, -0.25) is 4.79 Å². The van der Waals surface area contributed by atoms with Gasteiger partial charge in [-0.25, -0.2) is 0 Å². The fourth-order valence-corrected chi connectivity index (χ4v) is 4.63. The summed E-state index contributed by atoms with van der Waals surface area (Å²) in [6.45, 7) is 5.46. The van der Waals surface area contributed by atoms with Crippen molar-refractivity contribution >= 4 is 50.4 Å². The number of benzene rings is 1. The molecule has 0 aliphatic carbocycles. The molecule has 140 valence electrons. The molecule has 1 unspecified atom stereocenters. The van der Waals surface area contributed by atoms with E-state index in [1.54, 1.807) is 0 Å². The van der Waals surface area contributed by atoms with Gasteiger partial charge in [0.15, 0.2) is 0 Å². The Hall–Kier alpha value is -2.38. The van der Waals surface area contributed by atoms with Crippen molar-refractivity contribution in [2.75, 3.05) is 23.7 Å². The van der Waals surface area contributed by atoms with Crippen molar-refractivity contribution < 1.29 is 4.79 Å². The molecule has 0 radical (unpaired) electrons. The number of nitrogens with one attached hydrogen (secondary N) is 1. The lowest BCUT2D eigenvalue weighted by Crippen LogP contribution is -2.37. The summed E-state index contributed by atoms with van der Waals surface area (Å²) in [6, 6.07) is 7.84. The smallest absolute Gasteiger partial charge is 0.263 e. The highest BCUT2D eigenvalue weighted by Crippen LogP contribution is 2.35. The zero-order chi connectivity index (χ0) is 19.1. The standard InChI is InChI=1S/C19H20ClN5OS/c1-10-11(2)23-24-19-15(10)16(21)17(27-19)18(26)22-13-6-7-25(9-13)14-5-3-4-12(20)8-14/h3-5,8,13H,6-7,9,21H2,1-2H3,(H,22,26). The van der Waals surface area contributed by atoms with Crippen LogP contribution in [-0.4, -0.2) is 35.2 Å². The third-order valence-corrected chi connectivity index (χ3v) is 6.36. The summed E-state index contributed by atoms with van der Waals surface area (Å²) in [7, 11) is 0. The van der Waals surface area contributed by atoms with Gasteiger partial charge in [0.05, 0.1) is 11.4 Å². The molecule has 27 heavy (non-hydrogen) atoms. The van der Waals surface area contributed by atoms with Gasteiger partial charge in [-0.1, -0.05) is 17.7 Å². The highest BCUT2D eigenvalue weighted by molar-refractivity contribution is 7.21. The molecule has 4 rings (SSSR count). The average Bonchev–Trinajstić information content (AvgIpc) is 3.23. The maximum Gasteiger partial charge on any atom is 0.263 e. The van der Waals surface area contributed by atoms with Crippen LogP contribution in [0.15, 0.2) is 24.3 Å². The number of carbonyl (C=O) groups excluding carboxylic acids is 1. The number of carbonyl (C=O) groups is 1. The first-order chi connectivity index (χ1) is 12.9. The molecule has 3 aromatic rings. The summed E-state index contributed by atoms with van der Waals surface area (Å²) in [4.78, 5) is 16.3. The molecule has 1 fully saturated rings. The van der Waals surface area contributed by atoms with Crippen molar-refractivity contribution in [2.45, 2.75) is 26.3 Å². The topological polar surface area (TPSA) is 84.1 Å². The maximum atomic E-state index is 12.8. The summed E-state index contributed by atoms with van der Waals surface area (Å²) >= 11 is 7.38. The number of halogens is 1. The van der Waals surface area contributed by atoms with E-state index >= 15 is 0 Å². The molecule has 6 nitrogen and oxygen atoms in total. The van der Waals surface area contributed by atoms with E-state index in [2.05, 4.69) is 20.4 Å². The van der Waals surface area contributed by atoms with Crippen LogP contribution in [0.2, 0.25) is 5.02 Å². The summed E-state index contributed by atoms with van der Waals surface area (Å²) in [5, 5.41) is 13.0. The molecule has 3 heterocycles. The van der Waals surface area contributed by atoms with Crippen LogP contribution in [0.1, 0.15) is 27.3 Å². The van der Waals surface area contributed by atoms with Crippen molar-refractivity contribution in [2.24, 2.45) is 0 Å². The van der Waals surface area contributed by atoms with Crippen LogP contribution >= 0.6 is 22.9 Å². The van der Waals surface area contributed by atoms with Crippen LogP contribution in [0, 0.1) is 13.8 Å². The number of amides is 1. The van der Waals surface area contributed by atoms with E-state index in [0.29, 0.717) is 20.4 Å². The van der Waals surface area contributed by atoms with Gasteiger partial charge in [0, 0.05) is 35.2 Å². The molecule has 1 aliphatic rings. The normalized spacial score (nSPS) is 16.9. The minimum atomic E-state index is -0.148. The van der Waals surface area contributed by atoms with Crippen LogP contribution in [0.4, 0.5) is 11.4 Å². The number of hydrogen-bond donors (Lipinski definition) is 2. The van der Waals surface area contributed by atoms with Gasteiger partial charge >= 0.3 is 0 Å². The second-order valence-corrected chi connectivity index (χ2v) is 8.26. The highest BCUT2D eigenvalue weighted by Gasteiger charge is 2.27. The molecule has 1 amide bonds. The SMILES string of the molecule is Cc1nnc2sc(C(=O)NC3CCN(c4cccc(Cl)c4)C3)c(N)c2c1C. The predicted molar refractivity (Wildman–Crippen MR) is 111 cm³/mol. The van der Waals surface area contributed by atoms with Crippen molar-refractivity contribution in [3.8, 4) is 0 Å². The van der Waals surface area contributed by atoms with E-state index in [-0.39, 0.29) is 11.9 Å². The van der Waals surface area contributed by atoms with E-state index in [0.717, 1.165) is 41.8 Å². The first kappa shape index (κ1) is 18.0. The van der Waals surface area contributed by atoms with Crippen LogP contribution in [0.3, 0.4) is 0 Å². The van der Waals surface area contributed by atoms with Crippen LogP contribution in [0.25, 0.3) is 10.2 Å². The Morgan fingerprint density at radius 3 is 2.96 bits per heavy atom. The average molecular weight is 402 g/mol. The first-order valence-electron chi connectivity index (χ1n) is 8.77. The Bertz CT molecular complexity index is 1030. The van der Waals surface area contributed by atoms with Crippen LogP contribution < -0.4 is 16.0 Å². The third kappa shape index (κ3) is 3.33. The molecule has 3 N–H and O–H groups in total. The van der Waals surface area contributed by atoms with E-state index < -0.39 is 0 Å². The maximum absolute atomic E-state index is 12.8. The van der Waals surface area contributed by atoms with E-state index in [1.807, 2.05) is 38.1 Å². The molecule has 8 heteroatoms. The van der Waals surface area contributed by atoms with Crippen molar-refractivity contribution in [3.63, 3.8) is 0 Å². The second-order valence-electron chi connectivity index (χ2n) is 6.82. The summed E-state index contributed by atoms with van der Waals surface area (Å²) in [5.41, 5.74) is 9.64. The molecular weight excluding hydrogens is 382 g/mol. The molecule has 0 saturated carbocycles. The number of thiophene rings is 1. The van der Waals surface area contributed by atoms with Gasteiger partial charge in [-0.2, -0.15) is 5.10 Å². The molecule has 1 aromatic carbocycles. The van der Waals surface area contributed by atoms with Gasteiger partial charge in [0.1, 0.15) is 9.71 Å². The number of anilines is 2. The fraction of sp³-hybridized carbons (Fsp3) is 0.316. The number of fused-ring (bicyclic) bond motifs is 1. The van der Waals surface area contributed by atoms with Gasteiger partial charge in [0.25, 0.3) is 5.91 Å². The minimum Gasteiger partial charge on any atom is -0.397 e. The van der Waals surface area contributed by atoms with E-state index in [1.165, 1.54) is 11.3 Å². The molecule has 1 saturated heterocycles. The van der Waals surface area contributed by atoms with Gasteiger partial charge in [-0.15, -0.1) is 16.4 Å². The summed E-state index contributed by atoms with van der Waals surface area (Å²) in [5.74, 6) is -0.148.